The number of benzene rings is 1. The fourth-order valence-electron chi connectivity index (χ4n) is 3.89. The van der Waals surface area contributed by atoms with Gasteiger partial charge >= 0.3 is 0 Å². The number of rotatable bonds is 8. The molecule has 152 valence electrons. The lowest BCUT2D eigenvalue weighted by atomic mass is 10.0. The molecule has 3 rings (SSSR count). The number of hydrogen-bond donors (Lipinski definition) is 1. The molecule has 0 aromatic heterocycles. The van der Waals surface area contributed by atoms with Crippen LogP contribution in [0.15, 0.2) is 30.9 Å². The molecule has 1 saturated heterocycles. The smallest absolute Gasteiger partial charge is 0.255 e. The average molecular weight is 392 g/mol. The van der Waals surface area contributed by atoms with Crippen molar-refractivity contribution in [1.29, 1.82) is 0 Å². The maximum Gasteiger partial charge on any atom is 0.255 e. The van der Waals surface area contributed by atoms with Crippen LogP contribution in [0, 0.1) is 11.8 Å². The molecule has 5 heteroatoms. The quantitative estimate of drug-likeness (QED) is 0.317. The average Bonchev–Trinajstić information content (AvgIpc) is 3.04. The summed E-state index contributed by atoms with van der Waals surface area (Å²) < 4.78 is 0. The van der Waals surface area contributed by atoms with Gasteiger partial charge in [0.1, 0.15) is 6.04 Å². The van der Waals surface area contributed by atoms with Crippen LogP contribution in [0.1, 0.15) is 79.3 Å². The molecule has 5 nitrogen and oxygen atoms in total. The number of imide groups is 1. The minimum atomic E-state index is -0.588. The zero-order valence-electron chi connectivity index (χ0n) is 16.8. The van der Waals surface area contributed by atoms with E-state index >= 15 is 0 Å². The summed E-state index contributed by atoms with van der Waals surface area (Å²) >= 11 is 0. The summed E-state index contributed by atoms with van der Waals surface area (Å²) in [6.45, 7) is 4.11. The van der Waals surface area contributed by atoms with Gasteiger partial charge in [0, 0.05) is 30.5 Å². The Balaban J connectivity index is 1.58. The van der Waals surface area contributed by atoms with Gasteiger partial charge in [-0.3, -0.25) is 19.7 Å². The zero-order chi connectivity index (χ0) is 20.6. The number of unbranched alkanes of at least 4 members (excludes halogenated alkanes) is 6. The van der Waals surface area contributed by atoms with Gasteiger partial charge in [0.15, 0.2) is 0 Å². The van der Waals surface area contributed by atoms with Crippen molar-refractivity contribution < 1.29 is 14.4 Å². The molecule has 1 N–H and O–H groups in total. The highest BCUT2D eigenvalue weighted by Crippen LogP contribution is 2.29. The van der Waals surface area contributed by atoms with E-state index in [-0.39, 0.29) is 24.1 Å². The molecule has 2 aliphatic rings. The van der Waals surface area contributed by atoms with Gasteiger partial charge in [-0.25, -0.2) is 0 Å². The number of fused-ring (bicyclic) bond motifs is 1. The largest absolute Gasteiger partial charge is 0.322 e. The van der Waals surface area contributed by atoms with Gasteiger partial charge in [0.2, 0.25) is 11.8 Å². The maximum atomic E-state index is 12.8. The number of nitrogens with zero attached hydrogens (tertiary/aromatic N) is 1. The minimum absolute atomic E-state index is 0.155. The van der Waals surface area contributed by atoms with E-state index in [0.717, 1.165) is 30.4 Å². The molecule has 0 spiro atoms. The van der Waals surface area contributed by atoms with Gasteiger partial charge < -0.3 is 4.90 Å². The molecule has 1 fully saturated rings. The van der Waals surface area contributed by atoms with Crippen LogP contribution < -0.4 is 5.32 Å². The standard InChI is InChI=1S/C24H28N2O3/c1-2-3-4-5-6-7-8-9-10-12-18-13-11-14-19-20(18)17-26(24(19)29)21-15-16-22(27)25-23(21)28/h2,11,13-14,21H,1,3-9,15-17H2,(H,25,27,28). The molecule has 0 bridgehead atoms. The van der Waals surface area contributed by atoms with Crippen LogP contribution in [0.2, 0.25) is 0 Å². The molecular formula is C24H28N2O3. The van der Waals surface area contributed by atoms with E-state index in [1.165, 1.54) is 25.7 Å². The molecule has 3 amide bonds. The minimum Gasteiger partial charge on any atom is -0.322 e. The highest BCUT2D eigenvalue weighted by atomic mass is 16.2. The third-order valence-corrected chi connectivity index (χ3v) is 5.52. The summed E-state index contributed by atoms with van der Waals surface area (Å²) in [5.41, 5.74) is 2.36. The molecule has 1 aromatic carbocycles. The topological polar surface area (TPSA) is 66.5 Å². The summed E-state index contributed by atoms with van der Waals surface area (Å²) in [7, 11) is 0. The Bertz CT molecular complexity index is 863. The summed E-state index contributed by atoms with van der Waals surface area (Å²) in [5, 5.41) is 2.33. The van der Waals surface area contributed by atoms with Crippen molar-refractivity contribution in [1.82, 2.24) is 10.2 Å². The molecule has 1 unspecified atom stereocenters. The lowest BCUT2D eigenvalue weighted by Gasteiger charge is -2.29. The number of allylic oxidation sites excluding steroid dienone is 1. The van der Waals surface area contributed by atoms with Crippen LogP contribution in [0.25, 0.3) is 0 Å². The van der Waals surface area contributed by atoms with Gasteiger partial charge in [-0.15, -0.1) is 6.58 Å². The van der Waals surface area contributed by atoms with Crippen LogP contribution in [0.4, 0.5) is 0 Å². The molecule has 1 atom stereocenters. The van der Waals surface area contributed by atoms with E-state index in [2.05, 4.69) is 23.7 Å². The van der Waals surface area contributed by atoms with E-state index in [0.29, 0.717) is 18.5 Å². The van der Waals surface area contributed by atoms with Crippen molar-refractivity contribution in [3.05, 3.63) is 47.5 Å². The summed E-state index contributed by atoms with van der Waals surface area (Å²) in [6, 6.07) is 4.98. The second-order valence-corrected chi connectivity index (χ2v) is 7.63. The fourth-order valence-corrected chi connectivity index (χ4v) is 3.89. The molecule has 0 aliphatic carbocycles. The third kappa shape index (κ3) is 5.14. The Morgan fingerprint density at radius 1 is 1.14 bits per heavy atom. The lowest BCUT2D eigenvalue weighted by molar-refractivity contribution is -0.136. The van der Waals surface area contributed by atoms with Crippen molar-refractivity contribution >= 4 is 17.7 Å². The first-order chi connectivity index (χ1) is 14.1. The van der Waals surface area contributed by atoms with Gasteiger partial charge in [0.25, 0.3) is 5.91 Å². The van der Waals surface area contributed by atoms with E-state index in [1.54, 1.807) is 11.0 Å². The van der Waals surface area contributed by atoms with Crippen LogP contribution in [-0.2, 0) is 16.1 Å². The summed E-state index contributed by atoms with van der Waals surface area (Å²) in [6.07, 6.45) is 10.5. The fraction of sp³-hybridized carbons (Fsp3) is 0.458. The van der Waals surface area contributed by atoms with Crippen LogP contribution in [0.5, 0.6) is 0 Å². The second kappa shape index (κ2) is 10.1. The highest BCUT2D eigenvalue weighted by molar-refractivity contribution is 6.05. The Labute approximate surface area is 172 Å². The van der Waals surface area contributed by atoms with Gasteiger partial charge in [-0.05, 0) is 43.4 Å². The summed E-state index contributed by atoms with van der Waals surface area (Å²) in [5.74, 6) is 5.64. The van der Waals surface area contributed by atoms with Crippen LogP contribution >= 0.6 is 0 Å². The van der Waals surface area contributed by atoms with Crippen molar-refractivity contribution in [3.63, 3.8) is 0 Å². The molecule has 1 aromatic rings. The highest BCUT2D eigenvalue weighted by Gasteiger charge is 2.39. The third-order valence-electron chi connectivity index (χ3n) is 5.52. The van der Waals surface area contributed by atoms with E-state index in [4.69, 9.17) is 0 Å². The van der Waals surface area contributed by atoms with E-state index in [9.17, 15) is 14.4 Å². The Kier molecular flexibility index (Phi) is 7.24. The SMILES string of the molecule is C=CCCCCCCCC#Cc1cccc2c1CN(C1CCC(=O)NC1=O)C2=O. The monoisotopic (exact) mass is 392 g/mol. The molecule has 2 aliphatic heterocycles. The normalized spacial score (nSPS) is 18.1. The Morgan fingerprint density at radius 2 is 1.93 bits per heavy atom. The van der Waals surface area contributed by atoms with Crippen molar-refractivity contribution in [3.8, 4) is 11.8 Å². The number of hydrogen-bond acceptors (Lipinski definition) is 3. The predicted octanol–water partition coefficient (Wildman–Crippen LogP) is 3.72. The van der Waals surface area contributed by atoms with E-state index < -0.39 is 6.04 Å². The number of carbonyl (C=O) groups is 3. The van der Waals surface area contributed by atoms with Gasteiger partial charge in [-0.1, -0.05) is 43.2 Å². The Hall–Kier alpha value is -2.87. The number of carbonyl (C=O) groups excluding carboxylic acids is 3. The van der Waals surface area contributed by atoms with Crippen LogP contribution in [-0.4, -0.2) is 28.7 Å². The van der Waals surface area contributed by atoms with Gasteiger partial charge in [-0.2, -0.15) is 0 Å². The molecule has 29 heavy (non-hydrogen) atoms. The first-order valence-electron chi connectivity index (χ1n) is 10.5. The molecule has 0 saturated carbocycles. The van der Waals surface area contributed by atoms with Crippen molar-refractivity contribution in [2.75, 3.05) is 0 Å². The lowest BCUT2D eigenvalue weighted by Crippen LogP contribution is -2.52. The molecular weight excluding hydrogens is 364 g/mol. The first-order valence-corrected chi connectivity index (χ1v) is 10.5. The molecule has 2 heterocycles. The second-order valence-electron chi connectivity index (χ2n) is 7.63. The van der Waals surface area contributed by atoms with Crippen molar-refractivity contribution in [2.45, 2.75) is 70.4 Å². The first kappa shape index (κ1) is 20.9. The number of piperidine rings is 1. The van der Waals surface area contributed by atoms with Crippen molar-refractivity contribution in [2.24, 2.45) is 0 Å². The predicted molar refractivity (Wildman–Crippen MR) is 112 cm³/mol. The number of nitrogens with one attached hydrogen (secondary N) is 1. The maximum absolute atomic E-state index is 12.8. The number of amides is 3. The molecule has 0 radical (unpaired) electrons. The zero-order valence-corrected chi connectivity index (χ0v) is 16.8. The van der Waals surface area contributed by atoms with Gasteiger partial charge in [0.05, 0.1) is 0 Å². The van der Waals surface area contributed by atoms with Crippen LogP contribution in [0.3, 0.4) is 0 Å². The van der Waals surface area contributed by atoms with E-state index in [1.807, 2.05) is 18.2 Å². The summed E-state index contributed by atoms with van der Waals surface area (Å²) in [4.78, 5) is 37.9. The Morgan fingerprint density at radius 3 is 2.72 bits per heavy atom.